The summed E-state index contributed by atoms with van der Waals surface area (Å²) in [5, 5.41) is 11.2. The molecular formula is C8H9N5S. The van der Waals surface area contributed by atoms with Crippen LogP contribution in [0.3, 0.4) is 0 Å². The van der Waals surface area contributed by atoms with Crippen LogP contribution in [0, 0.1) is 0 Å². The van der Waals surface area contributed by atoms with Crippen LogP contribution in [-0.4, -0.2) is 26.3 Å². The normalized spacial score (nSPS) is 10.0. The van der Waals surface area contributed by atoms with Crippen molar-refractivity contribution in [3.05, 3.63) is 30.1 Å². The van der Waals surface area contributed by atoms with Crippen molar-refractivity contribution in [1.82, 2.24) is 19.8 Å². The number of rotatable bonds is 4. The van der Waals surface area contributed by atoms with E-state index in [1.54, 1.807) is 12.4 Å². The Hall–Kier alpha value is -1.56. The topological polar surface area (TPSA) is 63.6 Å². The number of nitrogens with one attached hydrogen (secondary N) is 1. The summed E-state index contributed by atoms with van der Waals surface area (Å²) in [5.74, 6) is 0. The third-order valence-electron chi connectivity index (χ3n) is 1.74. The number of nitrogens with zero attached hydrogens (tertiary/aromatic N) is 4. The van der Waals surface area contributed by atoms with Crippen molar-refractivity contribution >= 4 is 16.7 Å². The first-order chi connectivity index (χ1) is 6.95. The van der Waals surface area contributed by atoms with Crippen molar-refractivity contribution in [2.75, 3.05) is 11.9 Å². The highest BCUT2D eigenvalue weighted by Crippen LogP contribution is 2.05. The lowest BCUT2D eigenvalue weighted by atomic mass is 10.2. The minimum atomic E-state index is 0.763. The molecule has 0 aliphatic carbocycles. The molecule has 2 aromatic rings. The van der Waals surface area contributed by atoms with Crippen molar-refractivity contribution in [3.63, 3.8) is 0 Å². The Morgan fingerprint density at radius 2 is 2.14 bits per heavy atom. The molecule has 0 aromatic carbocycles. The molecule has 2 heterocycles. The average Bonchev–Trinajstić information content (AvgIpc) is 2.72. The maximum atomic E-state index is 3.95. The average molecular weight is 207 g/mol. The van der Waals surface area contributed by atoms with Crippen LogP contribution in [0.1, 0.15) is 5.56 Å². The zero-order valence-corrected chi connectivity index (χ0v) is 8.24. The summed E-state index contributed by atoms with van der Waals surface area (Å²) in [6.07, 6.45) is 4.53. The smallest absolute Gasteiger partial charge is 0.225 e. The molecule has 0 bridgehead atoms. The van der Waals surface area contributed by atoms with Gasteiger partial charge in [-0.1, -0.05) is 9.59 Å². The van der Waals surface area contributed by atoms with E-state index < -0.39 is 0 Å². The minimum Gasteiger partial charge on any atom is -0.359 e. The third-order valence-corrected chi connectivity index (χ3v) is 2.29. The van der Waals surface area contributed by atoms with Crippen molar-refractivity contribution in [2.24, 2.45) is 0 Å². The van der Waals surface area contributed by atoms with Crippen molar-refractivity contribution in [1.29, 1.82) is 0 Å². The number of pyridine rings is 1. The van der Waals surface area contributed by atoms with E-state index in [2.05, 4.69) is 25.1 Å². The molecule has 2 rings (SSSR count). The van der Waals surface area contributed by atoms with E-state index >= 15 is 0 Å². The van der Waals surface area contributed by atoms with E-state index in [1.165, 1.54) is 17.1 Å². The molecule has 0 spiro atoms. The van der Waals surface area contributed by atoms with Gasteiger partial charge in [-0.15, -0.1) is 0 Å². The number of anilines is 1. The number of aromatic nitrogens is 4. The van der Waals surface area contributed by atoms with Gasteiger partial charge in [0.15, 0.2) is 0 Å². The van der Waals surface area contributed by atoms with Crippen LogP contribution in [0.15, 0.2) is 24.5 Å². The molecule has 0 atom stereocenters. The zero-order chi connectivity index (χ0) is 9.64. The fraction of sp³-hybridized carbons (Fsp3) is 0.250. The van der Waals surface area contributed by atoms with Gasteiger partial charge in [0.1, 0.15) is 0 Å². The highest BCUT2D eigenvalue weighted by Gasteiger charge is 1.96. The van der Waals surface area contributed by atoms with Gasteiger partial charge >= 0.3 is 0 Å². The van der Waals surface area contributed by atoms with Gasteiger partial charge in [-0.3, -0.25) is 4.98 Å². The van der Waals surface area contributed by atoms with Crippen molar-refractivity contribution in [3.8, 4) is 0 Å². The quantitative estimate of drug-likeness (QED) is 0.809. The second-order valence-corrected chi connectivity index (χ2v) is 3.43. The van der Waals surface area contributed by atoms with E-state index in [1.807, 2.05) is 12.1 Å². The Bertz CT molecular complexity index is 360. The lowest BCUT2D eigenvalue weighted by Crippen LogP contribution is -2.04. The Morgan fingerprint density at radius 1 is 1.29 bits per heavy atom. The molecule has 2 aromatic heterocycles. The highest BCUT2D eigenvalue weighted by atomic mass is 32.1. The van der Waals surface area contributed by atoms with E-state index in [9.17, 15) is 0 Å². The molecule has 72 valence electrons. The van der Waals surface area contributed by atoms with Gasteiger partial charge in [0, 0.05) is 30.5 Å². The van der Waals surface area contributed by atoms with Gasteiger partial charge in [0.05, 0.1) is 0 Å². The first kappa shape index (κ1) is 9.01. The van der Waals surface area contributed by atoms with Crippen LogP contribution in [0.25, 0.3) is 0 Å². The van der Waals surface area contributed by atoms with Crippen LogP contribution >= 0.6 is 11.5 Å². The van der Waals surface area contributed by atoms with E-state index in [4.69, 9.17) is 0 Å². The molecule has 0 radical (unpaired) electrons. The van der Waals surface area contributed by atoms with Gasteiger partial charge < -0.3 is 5.32 Å². The summed E-state index contributed by atoms with van der Waals surface area (Å²) < 4.78 is 3.66. The van der Waals surface area contributed by atoms with E-state index in [0.717, 1.165) is 18.1 Å². The first-order valence-corrected chi connectivity index (χ1v) is 5.00. The Balaban J connectivity index is 1.79. The molecule has 0 amide bonds. The van der Waals surface area contributed by atoms with Crippen LogP contribution in [0.4, 0.5) is 5.13 Å². The van der Waals surface area contributed by atoms with Gasteiger partial charge in [-0.05, 0) is 29.3 Å². The van der Waals surface area contributed by atoms with E-state index in [-0.39, 0.29) is 0 Å². The van der Waals surface area contributed by atoms with Crippen molar-refractivity contribution in [2.45, 2.75) is 6.42 Å². The Morgan fingerprint density at radius 3 is 2.86 bits per heavy atom. The molecule has 0 aliphatic rings. The van der Waals surface area contributed by atoms with Crippen molar-refractivity contribution < 1.29 is 0 Å². The summed E-state index contributed by atoms with van der Waals surface area (Å²) in [4.78, 5) is 3.95. The second-order valence-electron chi connectivity index (χ2n) is 2.70. The SMILES string of the molecule is c1cc(CCNc2nnns2)ccn1. The summed E-state index contributed by atoms with van der Waals surface area (Å²) in [6, 6.07) is 4.00. The third kappa shape index (κ3) is 2.46. The molecule has 0 saturated heterocycles. The number of hydrogen-bond acceptors (Lipinski definition) is 6. The summed E-state index contributed by atoms with van der Waals surface area (Å²) in [6.45, 7) is 0.834. The first-order valence-electron chi connectivity index (χ1n) is 4.23. The molecule has 0 saturated carbocycles. The van der Waals surface area contributed by atoms with E-state index in [0.29, 0.717) is 0 Å². The zero-order valence-electron chi connectivity index (χ0n) is 7.42. The lowest BCUT2D eigenvalue weighted by Gasteiger charge is -2.00. The van der Waals surface area contributed by atoms with Crippen LogP contribution in [-0.2, 0) is 6.42 Å². The fourth-order valence-corrected chi connectivity index (χ4v) is 1.45. The molecule has 0 aliphatic heterocycles. The largest absolute Gasteiger partial charge is 0.359 e. The molecule has 0 unspecified atom stereocenters. The second kappa shape index (κ2) is 4.61. The maximum absolute atomic E-state index is 3.95. The Kier molecular flexibility index (Phi) is 2.97. The Labute approximate surface area is 85.4 Å². The molecule has 6 heteroatoms. The molecule has 14 heavy (non-hydrogen) atoms. The summed E-state index contributed by atoms with van der Waals surface area (Å²) in [5.41, 5.74) is 1.25. The van der Waals surface area contributed by atoms with Gasteiger partial charge in [0.2, 0.25) is 5.13 Å². The predicted octanol–water partition coefficient (Wildman–Crippen LogP) is 0.983. The maximum Gasteiger partial charge on any atom is 0.225 e. The summed E-state index contributed by atoms with van der Waals surface area (Å²) in [7, 11) is 0. The van der Waals surface area contributed by atoms with Crippen LogP contribution in [0.5, 0.6) is 0 Å². The van der Waals surface area contributed by atoms with Crippen LogP contribution in [0.2, 0.25) is 0 Å². The number of hydrogen-bond donors (Lipinski definition) is 1. The molecule has 0 fully saturated rings. The molecule has 5 nitrogen and oxygen atoms in total. The molecular weight excluding hydrogens is 198 g/mol. The summed E-state index contributed by atoms with van der Waals surface area (Å²) >= 11 is 1.26. The highest BCUT2D eigenvalue weighted by molar-refractivity contribution is 7.09. The van der Waals surface area contributed by atoms with Gasteiger partial charge in [0.25, 0.3) is 0 Å². The molecule has 1 N–H and O–H groups in total. The van der Waals surface area contributed by atoms with Crippen LogP contribution < -0.4 is 5.32 Å². The van der Waals surface area contributed by atoms with Gasteiger partial charge in [-0.2, -0.15) is 0 Å². The van der Waals surface area contributed by atoms with Gasteiger partial charge in [-0.25, -0.2) is 0 Å². The predicted molar refractivity (Wildman–Crippen MR) is 54.1 cm³/mol. The fourth-order valence-electron chi connectivity index (χ4n) is 1.06. The minimum absolute atomic E-state index is 0.763. The monoisotopic (exact) mass is 207 g/mol. The standard InChI is InChI=1S/C8H9N5S/c1-4-9-5-2-7(1)3-6-10-8-11-12-13-14-8/h1-2,4-5H,3,6H2,(H,10,11,13). The lowest BCUT2D eigenvalue weighted by molar-refractivity contribution is 0.940.